The van der Waals surface area contributed by atoms with Crippen LogP contribution in [0.15, 0.2) is 58.4 Å². The van der Waals surface area contributed by atoms with E-state index < -0.39 is 22.3 Å². The molecule has 0 saturated carbocycles. The van der Waals surface area contributed by atoms with E-state index in [9.17, 15) is 20.0 Å². The molecule has 0 unspecified atom stereocenters. The van der Waals surface area contributed by atoms with Gasteiger partial charge in [0.05, 0.1) is 17.2 Å². The minimum Gasteiger partial charge on any atom is -0.505 e. The maximum atomic E-state index is 12.2. The number of aliphatic hydroxyl groups excluding tert-OH is 1. The van der Waals surface area contributed by atoms with Gasteiger partial charge < -0.3 is 19.3 Å². The second-order valence-electron chi connectivity index (χ2n) is 5.46. The summed E-state index contributed by atoms with van der Waals surface area (Å²) in [5.74, 6) is -0.354. The summed E-state index contributed by atoms with van der Waals surface area (Å²) >= 11 is 0. The van der Waals surface area contributed by atoms with Crippen LogP contribution in [0.5, 0.6) is 11.5 Å². The van der Waals surface area contributed by atoms with E-state index >= 15 is 0 Å². The number of ether oxygens (including phenoxy) is 3. The Morgan fingerprint density at radius 3 is 2.61 bits per heavy atom. The molecule has 10 nitrogen and oxygen atoms in total. The molecule has 1 N–H and O–H groups in total. The number of hydrogen-bond donors (Lipinski definition) is 1. The van der Waals surface area contributed by atoms with Crippen LogP contribution in [0, 0.1) is 10.1 Å². The van der Waals surface area contributed by atoms with Gasteiger partial charge in [0, 0.05) is 23.8 Å². The molecule has 0 aliphatic carbocycles. The molecule has 2 aromatic carbocycles. The Morgan fingerprint density at radius 2 is 1.93 bits per heavy atom. The first-order valence-electron chi connectivity index (χ1n) is 8.16. The number of nitrogens with zero attached hydrogens (tertiary/aromatic N) is 3. The lowest BCUT2D eigenvalue weighted by Gasteiger charge is -2.06. The molecule has 0 radical (unpaired) electrons. The number of benzene rings is 2. The predicted molar refractivity (Wildman–Crippen MR) is 96.4 cm³/mol. The summed E-state index contributed by atoms with van der Waals surface area (Å²) in [6.07, 6.45) is 0. The molecule has 0 fully saturated rings. The number of nitro groups is 1. The van der Waals surface area contributed by atoms with Crippen molar-refractivity contribution >= 4 is 23.1 Å². The van der Waals surface area contributed by atoms with Gasteiger partial charge in [0.15, 0.2) is 17.3 Å². The number of nitro benzene ring substituents is 1. The van der Waals surface area contributed by atoms with Crippen molar-refractivity contribution in [2.75, 3.05) is 13.4 Å². The third-order valence-electron chi connectivity index (χ3n) is 3.67. The van der Waals surface area contributed by atoms with Crippen molar-refractivity contribution in [1.29, 1.82) is 0 Å². The lowest BCUT2D eigenvalue weighted by Crippen LogP contribution is -2.08. The van der Waals surface area contributed by atoms with Crippen LogP contribution in [0.25, 0.3) is 5.76 Å². The number of hydrogen-bond acceptors (Lipinski definition) is 9. The average Bonchev–Trinajstić information content (AvgIpc) is 3.16. The predicted octanol–water partition coefficient (Wildman–Crippen LogP) is 3.90. The number of non-ortho nitro benzene ring substituents is 1. The maximum Gasteiger partial charge on any atom is 0.362 e. The summed E-state index contributed by atoms with van der Waals surface area (Å²) in [7, 11) is 0. The van der Waals surface area contributed by atoms with Crippen LogP contribution in [0.3, 0.4) is 0 Å². The molecule has 1 heterocycles. The van der Waals surface area contributed by atoms with Crippen molar-refractivity contribution in [3.63, 3.8) is 0 Å². The summed E-state index contributed by atoms with van der Waals surface area (Å²) < 4.78 is 15.4. The van der Waals surface area contributed by atoms with Crippen LogP contribution in [0.1, 0.15) is 12.5 Å². The van der Waals surface area contributed by atoms with Gasteiger partial charge in [0.25, 0.3) is 5.69 Å². The van der Waals surface area contributed by atoms with Gasteiger partial charge in [-0.25, -0.2) is 4.79 Å². The molecule has 0 spiro atoms. The fourth-order valence-corrected chi connectivity index (χ4v) is 2.32. The van der Waals surface area contributed by atoms with Crippen molar-refractivity contribution in [3.8, 4) is 11.5 Å². The molecule has 1 aliphatic heterocycles. The third-order valence-corrected chi connectivity index (χ3v) is 3.67. The Kier molecular flexibility index (Phi) is 5.49. The van der Waals surface area contributed by atoms with Crippen molar-refractivity contribution in [1.82, 2.24) is 0 Å². The summed E-state index contributed by atoms with van der Waals surface area (Å²) in [6.45, 7) is 1.77. The van der Waals surface area contributed by atoms with Gasteiger partial charge >= 0.3 is 5.97 Å². The monoisotopic (exact) mass is 385 g/mol. The Bertz CT molecular complexity index is 968. The van der Waals surface area contributed by atoms with E-state index in [-0.39, 0.29) is 24.7 Å². The Labute approximate surface area is 158 Å². The van der Waals surface area contributed by atoms with E-state index in [0.717, 1.165) is 0 Å². The smallest absolute Gasteiger partial charge is 0.362 e. The van der Waals surface area contributed by atoms with Gasteiger partial charge in [-0.3, -0.25) is 10.1 Å². The Balaban J connectivity index is 1.94. The van der Waals surface area contributed by atoms with Crippen LogP contribution in [-0.2, 0) is 9.53 Å². The zero-order valence-corrected chi connectivity index (χ0v) is 14.7. The van der Waals surface area contributed by atoms with Crippen LogP contribution >= 0.6 is 0 Å². The van der Waals surface area contributed by atoms with E-state index in [1.807, 2.05) is 0 Å². The highest BCUT2D eigenvalue weighted by atomic mass is 16.7. The first kappa shape index (κ1) is 18.8. The highest BCUT2D eigenvalue weighted by Crippen LogP contribution is 2.35. The zero-order chi connectivity index (χ0) is 20.1. The number of fused-ring (bicyclic) bond motifs is 1. The van der Waals surface area contributed by atoms with Crippen molar-refractivity contribution in [2.45, 2.75) is 6.92 Å². The molecule has 0 bridgehead atoms. The lowest BCUT2D eigenvalue weighted by molar-refractivity contribution is -0.384. The van der Waals surface area contributed by atoms with Gasteiger partial charge in [-0.05, 0) is 31.2 Å². The van der Waals surface area contributed by atoms with Crippen LogP contribution in [-0.4, -0.2) is 29.4 Å². The SMILES string of the molecule is CCOC(=O)/C(N=Nc1ccc2c(c1)OCO2)=C(/O)c1ccc([N+](=O)[O-])cc1. The summed E-state index contributed by atoms with van der Waals surface area (Å²) in [5, 5.41) is 29.0. The van der Waals surface area contributed by atoms with Gasteiger partial charge in [-0.1, -0.05) is 0 Å². The molecular formula is C18H15N3O7. The number of carbonyl (C=O) groups excluding carboxylic acids is 1. The van der Waals surface area contributed by atoms with Crippen LogP contribution in [0.2, 0.25) is 0 Å². The molecule has 0 atom stereocenters. The maximum absolute atomic E-state index is 12.2. The van der Waals surface area contributed by atoms with Gasteiger partial charge in [0.1, 0.15) is 0 Å². The first-order valence-corrected chi connectivity index (χ1v) is 8.16. The molecule has 0 aromatic heterocycles. The molecular weight excluding hydrogens is 370 g/mol. The molecule has 28 heavy (non-hydrogen) atoms. The number of esters is 1. The van der Waals surface area contributed by atoms with E-state index in [0.29, 0.717) is 17.2 Å². The van der Waals surface area contributed by atoms with Crippen molar-refractivity contribution in [3.05, 3.63) is 63.8 Å². The lowest BCUT2D eigenvalue weighted by atomic mass is 10.1. The molecule has 1 aliphatic rings. The van der Waals surface area contributed by atoms with Crippen LogP contribution in [0.4, 0.5) is 11.4 Å². The largest absolute Gasteiger partial charge is 0.505 e. The second-order valence-corrected chi connectivity index (χ2v) is 5.46. The number of azo groups is 1. The normalized spacial score (nSPS) is 13.3. The fraction of sp³-hybridized carbons (Fsp3) is 0.167. The minimum absolute atomic E-state index is 0.0649. The molecule has 0 amide bonds. The van der Waals surface area contributed by atoms with Crippen LogP contribution < -0.4 is 9.47 Å². The molecule has 0 saturated heterocycles. The van der Waals surface area contributed by atoms with Crippen molar-refractivity contribution < 1.29 is 29.0 Å². The number of aliphatic hydroxyl groups is 1. The number of rotatable bonds is 6. The average molecular weight is 385 g/mol. The summed E-state index contributed by atoms with van der Waals surface area (Å²) in [4.78, 5) is 22.4. The highest BCUT2D eigenvalue weighted by molar-refractivity contribution is 5.95. The van der Waals surface area contributed by atoms with Gasteiger partial charge in [-0.15, -0.1) is 5.11 Å². The molecule has 10 heteroatoms. The second kappa shape index (κ2) is 8.16. The third kappa shape index (κ3) is 4.06. The van der Waals surface area contributed by atoms with E-state index in [1.165, 1.54) is 24.3 Å². The highest BCUT2D eigenvalue weighted by Gasteiger charge is 2.19. The number of carbonyl (C=O) groups is 1. The standard InChI is InChI=1S/C18H15N3O7/c1-2-26-18(23)16(17(22)11-3-6-13(7-4-11)21(24)25)20-19-12-5-8-14-15(9-12)28-10-27-14/h3-9,22H,2,10H2,1H3/b17-16-,20-19?. The minimum atomic E-state index is -0.886. The molecule has 2 aromatic rings. The van der Waals surface area contributed by atoms with E-state index in [4.69, 9.17) is 14.2 Å². The summed E-state index contributed by atoms with van der Waals surface area (Å²) in [6, 6.07) is 9.79. The fourth-order valence-electron chi connectivity index (χ4n) is 2.32. The van der Waals surface area contributed by atoms with Crippen molar-refractivity contribution in [2.24, 2.45) is 10.2 Å². The Morgan fingerprint density at radius 1 is 1.21 bits per heavy atom. The molecule has 3 rings (SSSR count). The van der Waals surface area contributed by atoms with Gasteiger partial charge in [0.2, 0.25) is 12.5 Å². The van der Waals surface area contributed by atoms with E-state index in [1.54, 1.807) is 25.1 Å². The molecule has 144 valence electrons. The zero-order valence-electron chi connectivity index (χ0n) is 14.7. The van der Waals surface area contributed by atoms with Gasteiger partial charge in [-0.2, -0.15) is 5.11 Å². The quantitative estimate of drug-likeness (QED) is 0.199. The topological polar surface area (TPSA) is 133 Å². The van der Waals surface area contributed by atoms with E-state index in [2.05, 4.69) is 10.2 Å². The summed E-state index contributed by atoms with van der Waals surface area (Å²) in [5.41, 5.74) is -0.0783. The first-order chi connectivity index (χ1) is 13.5. The Hall–Kier alpha value is -3.95.